The molecule has 0 radical (unpaired) electrons. The van der Waals surface area contributed by atoms with Gasteiger partial charge in [0.1, 0.15) is 6.23 Å². The maximum atomic E-state index is 9.12. The number of likely N-dealkylation sites (N-methyl/N-ethyl adjacent to an activating group) is 1. The zero-order chi connectivity index (χ0) is 6.85. The molecule has 1 fully saturated rings. The van der Waals surface area contributed by atoms with Crippen molar-refractivity contribution < 1.29 is 10.2 Å². The zero-order valence-electron chi connectivity index (χ0n) is 5.62. The van der Waals surface area contributed by atoms with Crippen LogP contribution in [0.25, 0.3) is 0 Å². The van der Waals surface area contributed by atoms with E-state index in [0.717, 1.165) is 19.4 Å². The molecule has 1 heterocycles. The molecule has 0 aliphatic carbocycles. The van der Waals surface area contributed by atoms with E-state index in [9.17, 15) is 0 Å². The Labute approximate surface area is 54.9 Å². The van der Waals surface area contributed by atoms with Gasteiger partial charge in [0.05, 0.1) is 6.10 Å². The van der Waals surface area contributed by atoms with Crippen LogP contribution < -0.4 is 0 Å². The van der Waals surface area contributed by atoms with Crippen LogP contribution in [0.5, 0.6) is 0 Å². The van der Waals surface area contributed by atoms with Crippen molar-refractivity contribution in [3.63, 3.8) is 0 Å². The Morgan fingerprint density at radius 3 is 2.56 bits per heavy atom. The summed E-state index contributed by atoms with van der Waals surface area (Å²) in [6.07, 6.45) is 0.530. The molecule has 1 rings (SSSR count). The van der Waals surface area contributed by atoms with Crippen LogP contribution in [0.1, 0.15) is 12.8 Å². The highest BCUT2D eigenvalue weighted by Crippen LogP contribution is 2.12. The minimum Gasteiger partial charge on any atom is -0.389 e. The molecule has 2 atom stereocenters. The third-order valence-corrected chi connectivity index (χ3v) is 1.81. The van der Waals surface area contributed by atoms with Crippen molar-refractivity contribution in [1.29, 1.82) is 0 Å². The third kappa shape index (κ3) is 1.41. The number of likely N-dealkylation sites (tertiary alicyclic amines) is 1. The molecule has 1 saturated heterocycles. The van der Waals surface area contributed by atoms with Crippen molar-refractivity contribution >= 4 is 0 Å². The normalized spacial score (nSPS) is 39.0. The first kappa shape index (κ1) is 6.99. The fourth-order valence-corrected chi connectivity index (χ4v) is 1.12. The maximum absolute atomic E-state index is 9.12. The molecule has 3 heteroatoms. The Balaban J connectivity index is 2.41. The minimum absolute atomic E-state index is 0.538. The number of rotatable bonds is 0. The molecule has 0 aromatic carbocycles. The van der Waals surface area contributed by atoms with Gasteiger partial charge in [-0.2, -0.15) is 0 Å². The largest absolute Gasteiger partial charge is 0.389 e. The molecule has 1 aliphatic rings. The molecule has 0 bridgehead atoms. The Bertz CT molecular complexity index is 87.1. The fraction of sp³-hybridized carbons (Fsp3) is 1.00. The lowest BCUT2D eigenvalue weighted by Crippen LogP contribution is -2.45. The van der Waals surface area contributed by atoms with Crippen LogP contribution in [0.2, 0.25) is 0 Å². The smallest absolute Gasteiger partial charge is 0.133 e. The summed E-state index contributed by atoms with van der Waals surface area (Å²) in [5.74, 6) is 0. The van der Waals surface area contributed by atoms with Gasteiger partial charge in [-0.25, -0.2) is 0 Å². The number of piperidine rings is 1. The van der Waals surface area contributed by atoms with E-state index in [2.05, 4.69) is 0 Å². The van der Waals surface area contributed by atoms with Gasteiger partial charge in [-0.1, -0.05) is 0 Å². The Morgan fingerprint density at radius 1 is 1.44 bits per heavy atom. The first-order chi connectivity index (χ1) is 4.22. The van der Waals surface area contributed by atoms with Gasteiger partial charge in [-0.3, -0.25) is 4.90 Å². The van der Waals surface area contributed by atoms with Gasteiger partial charge in [0.2, 0.25) is 0 Å². The number of hydrogen-bond donors (Lipinski definition) is 2. The summed E-state index contributed by atoms with van der Waals surface area (Å²) in [5, 5.41) is 18.2. The first-order valence-corrected chi connectivity index (χ1v) is 3.28. The molecule has 0 aromatic heterocycles. The summed E-state index contributed by atoms with van der Waals surface area (Å²) in [5.41, 5.74) is 0. The van der Waals surface area contributed by atoms with Crippen LogP contribution in [-0.4, -0.2) is 41.0 Å². The highest BCUT2D eigenvalue weighted by molar-refractivity contribution is 4.72. The first-order valence-electron chi connectivity index (χ1n) is 3.28. The number of aliphatic hydroxyl groups is 2. The van der Waals surface area contributed by atoms with Crippen molar-refractivity contribution in [3.8, 4) is 0 Å². The van der Waals surface area contributed by atoms with Crippen LogP contribution in [-0.2, 0) is 0 Å². The summed E-state index contributed by atoms with van der Waals surface area (Å²) >= 11 is 0. The molecule has 9 heavy (non-hydrogen) atoms. The average Bonchev–Trinajstić information content (AvgIpc) is 1.83. The summed E-state index contributed by atoms with van der Waals surface area (Å²) in [7, 11) is 1.81. The summed E-state index contributed by atoms with van der Waals surface area (Å²) < 4.78 is 0. The van der Waals surface area contributed by atoms with E-state index < -0.39 is 12.3 Å². The molecule has 1 aliphatic heterocycles. The summed E-state index contributed by atoms with van der Waals surface area (Å²) in [4.78, 5) is 1.76. The number of nitrogens with zero attached hydrogens (tertiary/aromatic N) is 1. The van der Waals surface area contributed by atoms with Gasteiger partial charge in [-0.05, 0) is 19.9 Å². The second kappa shape index (κ2) is 2.64. The van der Waals surface area contributed by atoms with E-state index >= 15 is 0 Å². The number of aliphatic hydroxyl groups excluding tert-OH is 2. The van der Waals surface area contributed by atoms with Crippen LogP contribution in [0, 0.1) is 0 Å². The highest BCUT2D eigenvalue weighted by atomic mass is 16.3. The van der Waals surface area contributed by atoms with Gasteiger partial charge >= 0.3 is 0 Å². The lowest BCUT2D eigenvalue weighted by Gasteiger charge is -2.32. The molecule has 54 valence electrons. The fourth-order valence-electron chi connectivity index (χ4n) is 1.12. The Hall–Kier alpha value is -0.120. The molecule has 0 spiro atoms. The summed E-state index contributed by atoms with van der Waals surface area (Å²) in [6.45, 7) is 0.887. The molecule has 0 amide bonds. The third-order valence-electron chi connectivity index (χ3n) is 1.81. The van der Waals surface area contributed by atoms with E-state index in [1.165, 1.54) is 0 Å². The molecule has 2 N–H and O–H groups in total. The van der Waals surface area contributed by atoms with E-state index in [1.807, 2.05) is 7.05 Å². The van der Waals surface area contributed by atoms with E-state index in [1.54, 1.807) is 4.90 Å². The van der Waals surface area contributed by atoms with E-state index in [4.69, 9.17) is 10.2 Å². The van der Waals surface area contributed by atoms with E-state index in [-0.39, 0.29) is 0 Å². The van der Waals surface area contributed by atoms with Crippen molar-refractivity contribution in [1.82, 2.24) is 4.90 Å². The van der Waals surface area contributed by atoms with E-state index in [0.29, 0.717) is 0 Å². The molecule has 0 aromatic rings. The van der Waals surface area contributed by atoms with Crippen molar-refractivity contribution in [3.05, 3.63) is 0 Å². The Morgan fingerprint density at radius 2 is 2.11 bits per heavy atom. The predicted octanol–water partition coefficient (Wildman–Crippen LogP) is -0.609. The number of hydrogen-bond acceptors (Lipinski definition) is 3. The monoisotopic (exact) mass is 131 g/mol. The SMILES string of the molecule is CN1CCC[C@H](O)C1O. The van der Waals surface area contributed by atoms with Gasteiger partial charge in [0.15, 0.2) is 0 Å². The van der Waals surface area contributed by atoms with Crippen molar-refractivity contribution in [2.75, 3.05) is 13.6 Å². The highest BCUT2D eigenvalue weighted by Gasteiger charge is 2.24. The molecular weight excluding hydrogens is 118 g/mol. The lowest BCUT2D eigenvalue weighted by molar-refractivity contribution is -0.0960. The van der Waals surface area contributed by atoms with Gasteiger partial charge in [-0.15, -0.1) is 0 Å². The summed E-state index contributed by atoms with van der Waals surface area (Å²) in [6, 6.07) is 0. The molecular formula is C6H13NO2. The Kier molecular flexibility index (Phi) is 2.05. The lowest BCUT2D eigenvalue weighted by atomic mass is 10.1. The van der Waals surface area contributed by atoms with Crippen LogP contribution in [0.3, 0.4) is 0 Å². The quantitative estimate of drug-likeness (QED) is 0.461. The minimum atomic E-state index is -0.640. The second-order valence-corrected chi connectivity index (χ2v) is 2.60. The maximum Gasteiger partial charge on any atom is 0.133 e. The van der Waals surface area contributed by atoms with Crippen LogP contribution in [0.15, 0.2) is 0 Å². The predicted molar refractivity (Wildman–Crippen MR) is 33.9 cm³/mol. The molecule has 3 nitrogen and oxygen atoms in total. The van der Waals surface area contributed by atoms with Gasteiger partial charge < -0.3 is 10.2 Å². The van der Waals surface area contributed by atoms with Crippen LogP contribution in [0.4, 0.5) is 0 Å². The standard InChI is InChI=1S/C6H13NO2/c1-7-4-2-3-5(8)6(7)9/h5-6,8-9H,2-4H2,1H3/t5-,6?/m0/s1. The van der Waals surface area contributed by atoms with Crippen molar-refractivity contribution in [2.45, 2.75) is 25.2 Å². The molecule has 1 unspecified atom stereocenters. The zero-order valence-corrected chi connectivity index (χ0v) is 5.62. The topological polar surface area (TPSA) is 43.7 Å². The second-order valence-electron chi connectivity index (χ2n) is 2.60. The average molecular weight is 131 g/mol. The van der Waals surface area contributed by atoms with Crippen LogP contribution >= 0.6 is 0 Å². The van der Waals surface area contributed by atoms with Gasteiger partial charge in [0, 0.05) is 6.54 Å². The molecule has 0 saturated carbocycles. The van der Waals surface area contributed by atoms with Crippen molar-refractivity contribution in [2.24, 2.45) is 0 Å². The van der Waals surface area contributed by atoms with Gasteiger partial charge in [0.25, 0.3) is 0 Å².